The van der Waals surface area contributed by atoms with E-state index in [0.29, 0.717) is 30.0 Å². The minimum absolute atomic E-state index is 0.337. The van der Waals surface area contributed by atoms with Gasteiger partial charge in [-0.15, -0.1) is 0 Å². The Kier molecular flexibility index (Phi) is 5.67. The van der Waals surface area contributed by atoms with Gasteiger partial charge in [0.05, 0.1) is 12.6 Å². The molecule has 140 valence electrons. The highest BCUT2D eigenvalue weighted by Gasteiger charge is 2.59. The van der Waals surface area contributed by atoms with E-state index in [4.69, 9.17) is 4.74 Å². The topological polar surface area (TPSA) is 63.5 Å². The molecule has 1 aromatic heterocycles. The summed E-state index contributed by atoms with van der Waals surface area (Å²) in [5.74, 6) is 2.52. The lowest BCUT2D eigenvalue weighted by atomic mass is 9.51. The molecule has 0 saturated heterocycles. The van der Waals surface area contributed by atoms with Crippen molar-refractivity contribution in [1.29, 1.82) is 0 Å². The van der Waals surface area contributed by atoms with Crippen LogP contribution in [0.5, 0.6) is 0 Å². The molecule has 2 atom stereocenters. The second-order valence-electron chi connectivity index (χ2n) is 7.78. The van der Waals surface area contributed by atoms with Gasteiger partial charge in [-0.3, -0.25) is 4.99 Å². The Balaban J connectivity index is 1.53. The fraction of sp³-hybridized carbons (Fsp3) is 0.789. The number of hydrogen-bond donors (Lipinski definition) is 2. The van der Waals surface area contributed by atoms with E-state index in [0.717, 1.165) is 31.4 Å². The molecule has 1 heterocycles. The largest absolute Gasteiger partial charge is 0.378 e. The molecule has 2 N–H and O–H groups in total. The number of nitrogens with zero attached hydrogens (tertiary/aromatic N) is 3. The van der Waals surface area contributed by atoms with Crippen molar-refractivity contribution in [2.45, 2.75) is 71.7 Å². The van der Waals surface area contributed by atoms with Crippen molar-refractivity contribution in [3.63, 3.8) is 0 Å². The zero-order chi connectivity index (χ0) is 17.9. The number of hydrogen-bond acceptors (Lipinski definition) is 3. The average molecular weight is 348 g/mol. The summed E-state index contributed by atoms with van der Waals surface area (Å²) in [5, 5.41) is 7.06. The molecule has 2 saturated carbocycles. The number of aromatic nitrogens is 2. The van der Waals surface area contributed by atoms with E-state index in [9.17, 15) is 0 Å². The van der Waals surface area contributed by atoms with Gasteiger partial charge in [0.15, 0.2) is 5.96 Å². The van der Waals surface area contributed by atoms with Crippen molar-refractivity contribution < 1.29 is 4.74 Å². The Morgan fingerprint density at radius 3 is 2.88 bits per heavy atom. The van der Waals surface area contributed by atoms with E-state index in [1.54, 1.807) is 0 Å². The van der Waals surface area contributed by atoms with Gasteiger partial charge in [-0.05, 0) is 32.1 Å². The summed E-state index contributed by atoms with van der Waals surface area (Å²) in [5.41, 5.74) is 0.337. The Bertz CT molecular complexity index is 590. The molecule has 2 unspecified atom stereocenters. The highest BCUT2D eigenvalue weighted by atomic mass is 16.5. The second kappa shape index (κ2) is 7.77. The first-order valence-corrected chi connectivity index (χ1v) is 9.68. The van der Waals surface area contributed by atoms with E-state index in [2.05, 4.69) is 52.1 Å². The van der Waals surface area contributed by atoms with Gasteiger partial charge in [0.25, 0.3) is 0 Å². The third-order valence-corrected chi connectivity index (χ3v) is 5.75. The fourth-order valence-corrected chi connectivity index (χ4v) is 4.23. The highest BCUT2D eigenvalue weighted by molar-refractivity contribution is 5.80. The SMILES string of the molecule is CCOC1CC(NC(=NC)NCc2nccn2CC(C)C)C12CCC2. The molecule has 2 aliphatic rings. The summed E-state index contributed by atoms with van der Waals surface area (Å²) < 4.78 is 8.15. The molecular weight excluding hydrogens is 314 g/mol. The average Bonchev–Trinajstić information content (AvgIpc) is 2.94. The molecule has 1 aromatic rings. The molecule has 3 rings (SSSR count). The van der Waals surface area contributed by atoms with Crippen molar-refractivity contribution in [1.82, 2.24) is 20.2 Å². The van der Waals surface area contributed by atoms with Crippen LogP contribution in [0.3, 0.4) is 0 Å². The zero-order valence-corrected chi connectivity index (χ0v) is 16.1. The van der Waals surface area contributed by atoms with Crippen LogP contribution in [0.15, 0.2) is 17.4 Å². The van der Waals surface area contributed by atoms with E-state index in [1.807, 2.05) is 13.2 Å². The van der Waals surface area contributed by atoms with Crippen LogP contribution in [0.4, 0.5) is 0 Å². The number of guanidine groups is 1. The quantitative estimate of drug-likeness (QED) is 0.588. The van der Waals surface area contributed by atoms with Gasteiger partial charge in [-0.1, -0.05) is 20.3 Å². The molecule has 2 aliphatic carbocycles. The maximum atomic E-state index is 5.94. The van der Waals surface area contributed by atoms with Crippen LogP contribution < -0.4 is 10.6 Å². The summed E-state index contributed by atoms with van der Waals surface area (Å²) in [6.07, 6.45) is 9.28. The minimum atomic E-state index is 0.337. The number of aliphatic imine (C=N–C) groups is 1. The predicted octanol–water partition coefficient (Wildman–Crippen LogP) is 2.55. The Morgan fingerprint density at radius 2 is 2.28 bits per heavy atom. The van der Waals surface area contributed by atoms with Crippen LogP contribution >= 0.6 is 0 Å². The molecule has 2 fully saturated rings. The van der Waals surface area contributed by atoms with E-state index in [-0.39, 0.29) is 0 Å². The monoisotopic (exact) mass is 347 g/mol. The third kappa shape index (κ3) is 3.68. The predicted molar refractivity (Wildman–Crippen MR) is 101 cm³/mol. The molecule has 0 radical (unpaired) electrons. The van der Waals surface area contributed by atoms with E-state index >= 15 is 0 Å². The van der Waals surface area contributed by atoms with Crippen LogP contribution in [-0.2, 0) is 17.8 Å². The van der Waals surface area contributed by atoms with Gasteiger partial charge in [0.1, 0.15) is 5.82 Å². The lowest BCUT2D eigenvalue weighted by Gasteiger charge is -2.61. The van der Waals surface area contributed by atoms with Crippen molar-refractivity contribution in [2.24, 2.45) is 16.3 Å². The summed E-state index contributed by atoms with van der Waals surface area (Å²) in [4.78, 5) is 8.89. The number of nitrogens with one attached hydrogen (secondary N) is 2. The zero-order valence-electron chi connectivity index (χ0n) is 16.1. The fourth-order valence-electron chi connectivity index (χ4n) is 4.23. The Labute approximate surface area is 151 Å². The van der Waals surface area contributed by atoms with Crippen molar-refractivity contribution in [3.8, 4) is 0 Å². The second-order valence-corrected chi connectivity index (χ2v) is 7.78. The maximum absolute atomic E-state index is 5.94. The van der Waals surface area contributed by atoms with Crippen LogP contribution in [0.25, 0.3) is 0 Å². The first kappa shape index (κ1) is 18.2. The van der Waals surface area contributed by atoms with Gasteiger partial charge >= 0.3 is 0 Å². The van der Waals surface area contributed by atoms with Gasteiger partial charge in [0.2, 0.25) is 0 Å². The summed E-state index contributed by atoms with van der Waals surface area (Å²) >= 11 is 0. The lowest BCUT2D eigenvalue weighted by molar-refractivity contribution is -0.168. The van der Waals surface area contributed by atoms with Gasteiger partial charge in [0, 0.05) is 44.0 Å². The van der Waals surface area contributed by atoms with Gasteiger partial charge < -0.3 is 19.9 Å². The highest BCUT2D eigenvalue weighted by Crippen LogP contribution is 2.57. The standard InChI is InChI=1S/C19H33N5O/c1-5-25-16-11-15(19(16)7-6-8-19)23-18(20-4)22-12-17-21-9-10-24(17)13-14(2)3/h9-10,14-16H,5-8,11-13H2,1-4H3,(H2,20,22,23). The number of ether oxygens (including phenoxy) is 1. The van der Waals surface area contributed by atoms with Crippen LogP contribution in [0, 0.1) is 11.3 Å². The Hall–Kier alpha value is -1.56. The smallest absolute Gasteiger partial charge is 0.191 e. The molecule has 6 nitrogen and oxygen atoms in total. The Morgan fingerprint density at radius 1 is 1.48 bits per heavy atom. The first-order valence-electron chi connectivity index (χ1n) is 9.68. The summed E-state index contributed by atoms with van der Waals surface area (Å²) in [7, 11) is 1.84. The first-order chi connectivity index (χ1) is 12.1. The molecule has 0 amide bonds. The van der Waals surface area contributed by atoms with Crippen LogP contribution in [0.1, 0.15) is 52.3 Å². The molecule has 0 bridgehead atoms. The van der Waals surface area contributed by atoms with Crippen molar-refractivity contribution in [3.05, 3.63) is 18.2 Å². The lowest BCUT2D eigenvalue weighted by Crippen LogP contribution is -2.68. The molecule has 25 heavy (non-hydrogen) atoms. The number of imidazole rings is 1. The van der Waals surface area contributed by atoms with Crippen molar-refractivity contribution in [2.75, 3.05) is 13.7 Å². The van der Waals surface area contributed by atoms with E-state index < -0.39 is 0 Å². The summed E-state index contributed by atoms with van der Waals surface area (Å²) in [6, 6.07) is 0.472. The minimum Gasteiger partial charge on any atom is -0.378 e. The molecule has 0 aliphatic heterocycles. The van der Waals surface area contributed by atoms with Crippen LogP contribution in [-0.4, -0.2) is 41.3 Å². The normalized spacial score (nSPS) is 24.9. The molecular formula is C19H33N5O. The summed E-state index contributed by atoms with van der Waals surface area (Å²) in [6.45, 7) is 9.03. The molecule has 1 spiro atoms. The van der Waals surface area contributed by atoms with Gasteiger partial charge in [-0.25, -0.2) is 4.98 Å². The van der Waals surface area contributed by atoms with Gasteiger partial charge in [-0.2, -0.15) is 0 Å². The maximum Gasteiger partial charge on any atom is 0.191 e. The van der Waals surface area contributed by atoms with E-state index in [1.165, 1.54) is 19.3 Å². The molecule has 6 heteroatoms. The number of rotatable bonds is 7. The van der Waals surface area contributed by atoms with Crippen LogP contribution in [0.2, 0.25) is 0 Å². The van der Waals surface area contributed by atoms with Crippen molar-refractivity contribution >= 4 is 5.96 Å². The molecule has 0 aromatic carbocycles. The third-order valence-electron chi connectivity index (χ3n) is 5.75.